The summed E-state index contributed by atoms with van der Waals surface area (Å²) in [6.45, 7) is 5.22. The second-order valence-electron chi connectivity index (χ2n) is 6.01. The highest BCUT2D eigenvalue weighted by atomic mass is 32.1. The maximum atomic E-state index is 12.2. The van der Waals surface area contributed by atoms with E-state index in [1.807, 2.05) is 18.4 Å². The third kappa shape index (κ3) is 6.98. The van der Waals surface area contributed by atoms with Gasteiger partial charge in [0.2, 0.25) is 11.8 Å². The van der Waals surface area contributed by atoms with E-state index >= 15 is 0 Å². The van der Waals surface area contributed by atoms with Gasteiger partial charge in [-0.25, -0.2) is 0 Å². The van der Waals surface area contributed by atoms with Gasteiger partial charge < -0.3 is 15.4 Å². The number of amides is 2. The topological polar surface area (TPSA) is 70.7 Å². The number of hydrogen-bond donors (Lipinski definition) is 2. The van der Waals surface area contributed by atoms with Gasteiger partial charge in [0.05, 0.1) is 19.2 Å². The van der Waals surface area contributed by atoms with Crippen LogP contribution in [-0.2, 0) is 20.9 Å². The number of rotatable bonds is 10. The Balaban J connectivity index is 1.79. The lowest BCUT2D eigenvalue weighted by molar-refractivity contribution is -0.127. The highest BCUT2D eigenvalue weighted by Gasteiger charge is 2.21. The molecule has 0 aromatic carbocycles. The molecule has 0 saturated carbocycles. The van der Waals surface area contributed by atoms with Gasteiger partial charge in [-0.2, -0.15) is 0 Å². The molecule has 2 rings (SSSR count). The summed E-state index contributed by atoms with van der Waals surface area (Å²) in [5.74, 6) is -0.273. The van der Waals surface area contributed by atoms with E-state index in [9.17, 15) is 9.59 Å². The third-order valence-corrected chi connectivity index (χ3v) is 4.69. The first kappa shape index (κ1) is 18.9. The maximum absolute atomic E-state index is 12.2. The molecule has 0 bridgehead atoms. The molecule has 1 aromatic heterocycles. The number of thiophene rings is 1. The van der Waals surface area contributed by atoms with Crippen molar-refractivity contribution in [3.05, 3.63) is 22.4 Å². The molecule has 7 heteroatoms. The molecule has 0 aliphatic carbocycles. The van der Waals surface area contributed by atoms with Gasteiger partial charge in [0.15, 0.2) is 0 Å². The lowest BCUT2D eigenvalue weighted by Gasteiger charge is -2.24. The van der Waals surface area contributed by atoms with E-state index in [1.54, 1.807) is 11.3 Å². The van der Waals surface area contributed by atoms with Crippen molar-refractivity contribution < 1.29 is 14.3 Å². The van der Waals surface area contributed by atoms with Crippen molar-refractivity contribution in [1.82, 2.24) is 15.5 Å². The van der Waals surface area contributed by atoms with Crippen molar-refractivity contribution in [2.45, 2.75) is 38.8 Å². The van der Waals surface area contributed by atoms with Gasteiger partial charge >= 0.3 is 0 Å². The molecule has 1 saturated heterocycles. The van der Waals surface area contributed by atoms with Crippen LogP contribution in [0.15, 0.2) is 17.5 Å². The summed E-state index contributed by atoms with van der Waals surface area (Å²) in [7, 11) is 0. The molecule has 1 fully saturated rings. The van der Waals surface area contributed by atoms with E-state index < -0.39 is 0 Å². The van der Waals surface area contributed by atoms with E-state index in [4.69, 9.17) is 4.74 Å². The predicted octanol–water partition coefficient (Wildman–Crippen LogP) is 1.37. The maximum Gasteiger partial charge on any atom is 0.239 e. The first-order valence-corrected chi connectivity index (χ1v) is 9.45. The van der Waals surface area contributed by atoms with Gasteiger partial charge in [-0.3, -0.25) is 14.5 Å². The molecule has 0 spiro atoms. The van der Waals surface area contributed by atoms with E-state index in [0.717, 1.165) is 39.0 Å². The number of ether oxygens (including phenoxy) is 1. The first-order chi connectivity index (χ1) is 11.7. The van der Waals surface area contributed by atoms with Crippen LogP contribution in [0.4, 0.5) is 0 Å². The van der Waals surface area contributed by atoms with Gasteiger partial charge in [-0.15, -0.1) is 11.3 Å². The van der Waals surface area contributed by atoms with Crippen LogP contribution in [0, 0.1) is 0 Å². The van der Waals surface area contributed by atoms with Crippen LogP contribution < -0.4 is 10.6 Å². The SMILES string of the molecule is CCCNC(=O)CNC(=O)CN(Cc1cccs1)C[C@H]1CCCO1. The number of carbonyl (C=O) groups is 2. The van der Waals surface area contributed by atoms with Gasteiger partial charge in [0.25, 0.3) is 0 Å². The summed E-state index contributed by atoms with van der Waals surface area (Å²) < 4.78 is 5.69. The number of nitrogens with one attached hydrogen (secondary N) is 2. The fourth-order valence-electron chi connectivity index (χ4n) is 2.65. The molecule has 1 aliphatic rings. The molecule has 24 heavy (non-hydrogen) atoms. The van der Waals surface area contributed by atoms with E-state index in [1.165, 1.54) is 4.88 Å². The molecule has 6 nitrogen and oxygen atoms in total. The van der Waals surface area contributed by atoms with Crippen LogP contribution in [0.2, 0.25) is 0 Å². The zero-order valence-corrected chi connectivity index (χ0v) is 15.1. The number of hydrogen-bond acceptors (Lipinski definition) is 5. The summed E-state index contributed by atoms with van der Waals surface area (Å²) in [4.78, 5) is 27.1. The zero-order chi connectivity index (χ0) is 17.2. The number of carbonyl (C=O) groups excluding carboxylic acids is 2. The zero-order valence-electron chi connectivity index (χ0n) is 14.3. The van der Waals surface area contributed by atoms with E-state index in [-0.39, 0.29) is 31.0 Å². The van der Waals surface area contributed by atoms with Crippen LogP contribution in [0.25, 0.3) is 0 Å². The van der Waals surface area contributed by atoms with E-state index in [0.29, 0.717) is 6.54 Å². The van der Waals surface area contributed by atoms with Gasteiger partial charge in [-0.1, -0.05) is 13.0 Å². The minimum Gasteiger partial charge on any atom is -0.377 e. The summed E-state index contributed by atoms with van der Waals surface area (Å²) in [6.07, 6.45) is 3.21. The Morgan fingerprint density at radius 3 is 2.92 bits per heavy atom. The molecule has 0 radical (unpaired) electrons. The second kappa shape index (κ2) is 10.4. The molecule has 1 aromatic rings. The quantitative estimate of drug-likeness (QED) is 0.667. The molecule has 0 unspecified atom stereocenters. The smallest absolute Gasteiger partial charge is 0.239 e. The van der Waals surface area contributed by atoms with E-state index in [2.05, 4.69) is 21.6 Å². The van der Waals surface area contributed by atoms with Crippen LogP contribution in [-0.4, -0.2) is 55.6 Å². The predicted molar refractivity (Wildman–Crippen MR) is 94.9 cm³/mol. The molecular weight excluding hydrogens is 326 g/mol. The number of nitrogens with zero attached hydrogens (tertiary/aromatic N) is 1. The average Bonchev–Trinajstić information content (AvgIpc) is 3.24. The van der Waals surface area contributed by atoms with Gasteiger partial charge in [0.1, 0.15) is 0 Å². The highest BCUT2D eigenvalue weighted by Crippen LogP contribution is 2.16. The molecule has 2 amide bonds. The summed E-state index contributed by atoms with van der Waals surface area (Å²) in [5, 5.41) is 7.49. The van der Waals surface area contributed by atoms with Crippen molar-refractivity contribution in [3.8, 4) is 0 Å². The van der Waals surface area contributed by atoms with Crippen molar-refractivity contribution in [1.29, 1.82) is 0 Å². The van der Waals surface area contributed by atoms with Crippen LogP contribution in [0.3, 0.4) is 0 Å². The molecule has 1 atom stereocenters. The Hall–Kier alpha value is -1.44. The van der Waals surface area contributed by atoms with Crippen LogP contribution >= 0.6 is 11.3 Å². The van der Waals surface area contributed by atoms with Crippen molar-refractivity contribution in [2.75, 3.05) is 32.8 Å². The molecule has 2 heterocycles. The molecule has 2 N–H and O–H groups in total. The molecular formula is C17H27N3O3S. The Morgan fingerprint density at radius 2 is 2.25 bits per heavy atom. The normalized spacial score (nSPS) is 17.2. The largest absolute Gasteiger partial charge is 0.377 e. The Kier molecular flexibility index (Phi) is 8.21. The van der Waals surface area contributed by atoms with Crippen molar-refractivity contribution >= 4 is 23.2 Å². The Labute approximate surface area is 147 Å². The summed E-state index contributed by atoms with van der Waals surface area (Å²) in [5.41, 5.74) is 0. The minimum atomic E-state index is -0.144. The third-order valence-electron chi connectivity index (χ3n) is 3.83. The summed E-state index contributed by atoms with van der Waals surface area (Å²) >= 11 is 1.69. The molecule has 1 aliphatic heterocycles. The Morgan fingerprint density at radius 1 is 1.38 bits per heavy atom. The first-order valence-electron chi connectivity index (χ1n) is 8.57. The van der Waals surface area contributed by atoms with Gasteiger partial charge in [-0.05, 0) is 30.7 Å². The lowest BCUT2D eigenvalue weighted by Crippen LogP contribution is -2.43. The standard InChI is InChI=1S/C17H27N3O3S/c1-2-7-18-16(21)10-19-17(22)13-20(11-14-5-3-8-23-14)12-15-6-4-9-24-15/h4,6,9,14H,2-3,5,7-8,10-13H2,1H3,(H,18,21)(H,19,22)/t14-/m1/s1. The van der Waals surface area contributed by atoms with Crippen LogP contribution in [0.1, 0.15) is 31.1 Å². The van der Waals surface area contributed by atoms with Crippen molar-refractivity contribution in [3.63, 3.8) is 0 Å². The average molecular weight is 353 g/mol. The Bertz CT molecular complexity index is 501. The monoisotopic (exact) mass is 353 g/mol. The summed E-state index contributed by atoms with van der Waals surface area (Å²) in [6, 6.07) is 4.09. The fourth-order valence-corrected chi connectivity index (χ4v) is 3.40. The van der Waals surface area contributed by atoms with Crippen LogP contribution in [0.5, 0.6) is 0 Å². The van der Waals surface area contributed by atoms with Crippen molar-refractivity contribution in [2.24, 2.45) is 0 Å². The lowest BCUT2D eigenvalue weighted by atomic mass is 10.2. The van der Waals surface area contributed by atoms with Gasteiger partial charge in [0, 0.05) is 31.1 Å². The minimum absolute atomic E-state index is 0.0333. The second-order valence-corrected chi connectivity index (χ2v) is 7.04. The fraction of sp³-hybridized carbons (Fsp3) is 0.647. The highest BCUT2D eigenvalue weighted by molar-refractivity contribution is 7.09. The molecule has 134 valence electrons.